The summed E-state index contributed by atoms with van der Waals surface area (Å²) in [5.41, 5.74) is 5.59. The molecule has 1 atom stereocenters. The first kappa shape index (κ1) is 12.5. The van der Waals surface area contributed by atoms with Crippen LogP contribution in [0, 0.1) is 0 Å². The molecule has 0 saturated carbocycles. The standard InChI is InChI=1S/C11H12ClNO3/c1-2-9(11(13)15)16-10-4-3-7(6-14)5-8(10)12/h3-6,9H,2H2,1H3,(H2,13,15). The second kappa shape index (κ2) is 5.51. The van der Waals surface area contributed by atoms with Crippen LogP contribution in [-0.4, -0.2) is 18.3 Å². The van der Waals surface area contributed by atoms with Crippen molar-refractivity contribution < 1.29 is 14.3 Å². The lowest BCUT2D eigenvalue weighted by Crippen LogP contribution is -2.33. The van der Waals surface area contributed by atoms with E-state index in [4.69, 9.17) is 22.1 Å². The van der Waals surface area contributed by atoms with Gasteiger partial charge in [-0.3, -0.25) is 9.59 Å². The molecule has 1 unspecified atom stereocenters. The van der Waals surface area contributed by atoms with Crippen molar-refractivity contribution in [3.05, 3.63) is 28.8 Å². The molecule has 5 heteroatoms. The smallest absolute Gasteiger partial charge is 0.258 e. The van der Waals surface area contributed by atoms with Crippen LogP contribution in [0.25, 0.3) is 0 Å². The number of halogens is 1. The summed E-state index contributed by atoms with van der Waals surface area (Å²) in [6, 6.07) is 4.57. The van der Waals surface area contributed by atoms with Gasteiger partial charge >= 0.3 is 0 Å². The lowest BCUT2D eigenvalue weighted by atomic mass is 10.2. The highest BCUT2D eigenvalue weighted by Crippen LogP contribution is 2.26. The van der Waals surface area contributed by atoms with Crippen molar-refractivity contribution in [1.29, 1.82) is 0 Å². The van der Waals surface area contributed by atoms with E-state index in [1.807, 2.05) is 0 Å². The third kappa shape index (κ3) is 2.97. The predicted octanol–water partition coefficient (Wildman–Crippen LogP) is 1.80. The van der Waals surface area contributed by atoms with Gasteiger partial charge in [0.1, 0.15) is 12.0 Å². The summed E-state index contributed by atoms with van der Waals surface area (Å²) >= 11 is 5.88. The van der Waals surface area contributed by atoms with Crippen molar-refractivity contribution >= 4 is 23.8 Å². The van der Waals surface area contributed by atoms with Crippen LogP contribution in [0.1, 0.15) is 23.7 Å². The summed E-state index contributed by atoms with van der Waals surface area (Å²) in [5.74, 6) is -0.198. The molecule has 0 aliphatic carbocycles. The Morgan fingerprint density at radius 3 is 2.75 bits per heavy atom. The van der Waals surface area contributed by atoms with Gasteiger partial charge < -0.3 is 10.5 Å². The predicted molar refractivity (Wildman–Crippen MR) is 60.7 cm³/mol. The van der Waals surface area contributed by atoms with Crippen LogP contribution in [0.2, 0.25) is 5.02 Å². The molecule has 86 valence electrons. The zero-order valence-corrected chi connectivity index (χ0v) is 9.53. The topological polar surface area (TPSA) is 69.4 Å². The lowest BCUT2D eigenvalue weighted by molar-refractivity contribution is -0.124. The van der Waals surface area contributed by atoms with Crippen LogP contribution in [0.4, 0.5) is 0 Å². The second-order valence-electron chi connectivity index (χ2n) is 3.22. The van der Waals surface area contributed by atoms with Gasteiger partial charge in [0, 0.05) is 5.56 Å². The minimum Gasteiger partial charge on any atom is -0.479 e. The third-order valence-corrected chi connectivity index (χ3v) is 2.34. The van der Waals surface area contributed by atoms with E-state index in [2.05, 4.69) is 0 Å². The molecule has 4 nitrogen and oxygen atoms in total. The Kier molecular flexibility index (Phi) is 4.31. The van der Waals surface area contributed by atoms with E-state index in [9.17, 15) is 9.59 Å². The first-order chi connectivity index (χ1) is 7.58. The normalized spacial score (nSPS) is 11.9. The molecular weight excluding hydrogens is 230 g/mol. The van der Waals surface area contributed by atoms with Gasteiger partial charge in [0.25, 0.3) is 5.91 Å². The summed E-state index contributed by atoms with van der Waals surface area (Å²) in [7, 11) is 0. The molecule has 2 N–H and O–H groups in total. The minimum absolute atomic E-state index is 0.282. The number of ether oxygens (including phenoxy) is 1. The first-order valence-electron chi connectivity index (χ1n) is 4.79. The highest BCUT2D eigenvalue weighted by atomic mass is 35.5. The molecule has 0 aliphatic heterocycles. The quantitative estimate of drug-likeness (QED) is 0.799. The second-order valence-corrected chi connectivity index (χ2v) is 3.63. The van der Waals surface area contributed by atoms with Gasteiger partial charge in [-0.25, -0.2) is 0 Å². The molecule has 1 aromatic carbocycles. The first-order valence-corrected chi connectivity index (χ1v) is 5.17. The Morgan fingerprint density at radius 1 is 1.62 bits per heavy atom. The molecule has 1 amide bonds. The fourth-order valence-corrected chi connectivity index (χ4v) is 1.42. The molecule has 0 bridgehead atoms. The fourth-order valence-electron chi connectivity index (χ4n) is 1.18. The maximum Gasteiger partial charge on any atom is 0.258 e. The van der Waals surface area contributed by atoms with Crippen LogP contribution >= 0.6 is 11.6 Å². The van der Waals surface area contributed by atoms with Crippen LogP contribution in [-0.2, 0) is 4.79 Å². The molecule has 16 heavy (non-hydrogen) atoms. The summed E-state index contributed by atoms with van der Waals surface area (Å²) in [4.78, 5) is 21.5. The number of carbonyl (C=O) groups excluding carboxylic acids is 2. The number of nitrogens with two attached hydrogens (primary N) is 1. The van der Waals surface area contributed by atoms with E-state index < -0.39 is 12.0 Å². The highest BCUT2D eigenvalue weighted by molar-refractivity contribution is 6.32. The molecule has 1 aromatic rings. The molecule has 0 heterocycles. The van der Waals surface area contributed by atoms with E-state index >= 15 is 0 Å². The van der Waals surface area contributed by atoms with Crippen molar-refractivity contribution in [3.8, 4) is 5.75 Å². The van der Waals surface area contributed by atoms with Crippen LogP contribution in [0.15, 0.2) is 18.2 Å². The Labute approximate surface area is 98.3 Å². The zero-order valence-electron chi connectivity index (χ0n) is 8.77. The maximum absolute atomic E-state index is 11.0. The molecule has 0 aliphatic rings. The zero-order chi connectivity index (χ0) is 12.1. The van der Waals surface area contributed by atoms with Crippen molar-refractivity contribution in [3.63, 3.8) is 0 Å². The van der Waals surface area contributed by atoms with Gasteiger partial charge in [-0.05, 0) is 24.6 Å². The van der Waals surface area contributed by atoms with Crippen molar-refractivity contribution in [1.82, 2.24) is 0 Å². The molecule has 0 spiro atoms. The number of primary amides is 1. The number of hydrogen-bond acceptors (Lipinski definition) is 3. The number of amides is 1. The van der Waals surface area contributed by atoms with E-state index in [1.54, 1.807) is 13.0 Å². The van der Waals surface area contributed by atoms with Gasteiger partial charge in [0.15, 0.2) is 6.10 Å². The Balaban J connectivity index is 2.88. The average Bonchev–Trinajstić information content (AvgIpc) is 2.26. The fraction of sp³-hybridized carbons (Fsp3) is 0.273. The molecule has 0 aromatic heterocycles. The number of benzene rings is 1. The van der Waals surface area contributed by atoms with Crippen molar-refractivity contribution in [2.45, 2.75) is 19.4 Å². The maximum atomic E-state index is 11.0. The summed E-state index contributed by atoms with van der Waals surface area (Å²) in [5, 5.41) is 0.282. The van der Waals surface area contributed by atoms with Crippen LogP contribution in [0.3, 0.4) is 0 Å². The number of aldehydes is 1. The molecule has 1 rings (SSSR count). The van der Waals surface area contributed by atoms with E-state index in [0.29, 0.717) is 24.0 Å². The SMILES string of the molecule is CCC(Oc1ccc(C=O)cc1Cl)C(N)=O. The molecule has 0 radical (unpaired) electrons. The van der Waals surface area contributed by atoms with Gasteiger partial charge in [-0.15, -0.1) is 0 Å². The van der Waals surface area contributed by atoms with Crippen LogP contribution in [0.5, 0.6) is 5.75 Å². The van der Waals surface area contributed by atoms with Gasteiger partial charge in [0.05, 0.1) is 5.02 Å². The Morgan fingerprint density at radius 2 is 2.31 bits per heavy atom. The van der Waals surface area contributed by atoms with Gasteiger partial charge in [-0.1, -0.05) is 18.5 Å². The largest absolute Gasteiger partial charge is 0.479 e. The van der Waals surface area contributed by atoms with Crippen molar-refractivity contribution in [2.24, 2.45) is 5.73 Å². The van der Waals surface area contributed by atoms with Gasteiger partial charge in [-0.2, -0.15) is 0 Å². The van der Waals surface area contributed by atoms with Crippen molar-refractivity contribution in [2.75, 3.05) is 0 Å². The van der Waals surface area contributed by atoms with Crippen LogP contribution < -0.4 is 10.5 Å². The average molecular weight is 242 g/mol. The molecule has 0 fully saturated rings. The minimum atomic E-state index is -0.709. The van der Waals surface area contributed by atoms with E-state index in [0.717, 1.165) is 0 Å². The van der Waals surface area contributed by atoms with Gasteiger partial charge in [0.2, 0.25) is 0 Å². The summed E-state index contributed by atoms with van der Waals surface area (Å²) in [6.07, 6.45) is 0.432. The Hall–Kier alpha value is -1.55. The number of hydrogen-bond donors (Lipinski definition) is 1. The summed E-state index contributed by atoms with van der Waals surface area (Å²) in [6.45, 7) is 1.78. The third-order valence-electron chi connectivity index (χ3n) is 2.05. The molecule has 0 saturated heterocycles. The number of carbonyl (C=O) groups is 2. The highest BCUT2D eigenvalue weighted by Gasteiger charge is 2.16. The van der Waals surface area contributed by atoms with E-state index in [1.165, 1.54) is 12.1 Å². The summed E-state index contributed by atoms with van der Waals surface area (Å²) < 4.78 is 5.33. The molecular formula is C11H12ClNO3. The number of rotatable bonds is 5. The lowest BCUT2D eigenvalue weighted by Gasteiger charge is -2.15. The Bertz CT molecular complexity index is 406. The van der Waals surface area contributed by atoms with E-state index in [-0.39, 0.29) is 5.02 Å². The monoisotopic (exact) mass is 241 g/mol.